The van der Waals surface area contributed by atoms with Gasteiger partial charge in [-0.1, -0.05) is 61.2 Å². The van der Waals surface area contributed by atoms with E-state index in [0.29, 0.717) is 0 Å². The van der Waals surface area contributed by atoms with Gasteiger partial charge in [-0.15, -0.1) is 0 Å². The molecule has 0 bridgehead atoms. The number of hydrogen-bond acceptors (Lipinski definition) is 4. The Hall–Kier alpha value is -3.72. The van der Waals surface area contributed by atoms with Crippen LogP contribution in [0.15, 0.2) is 77.7 Å². The van der Waals surface area contributed by atoms with E-state index in [4.69, 9.17) is 0 Å². The zero-order valence-corrected chi connectivity index (χ0v) is 24.7. The number of benzene rings is 3. The van der Waals surface area contributed by atoms with E-state index in [9.17, 15) is 22.4 Å². The summed E-state index contributed by atoms with van der Waals surface area (Å²) in [5, 5.41) is 3.10. The molecule has 1 atom stereocenters. The molecule has 1 aliphatic rings. The minimum absolute atomic E-state index is 0.00812. The maximum Gasteiger partial charge on any atom is 0.264 e. The number of hydrogen-bond donors (Lipinski definition) is 1. The number of sulfonamides is 1. The van der Waals surface area contributed by atoms with Crippen LogP contribution in [0, 0.1) is 19.7 Å². The van der Waals surface area contributed by atoms with Crippen LogP contribution in [0.2, 0.25) is 0 Å². The van der Waals surface area contributed by atoms with Gasteiger partial charge in [0.2, 0.25) is 11.8 Å². The van der Waals surface area contributed by atoms with E-state index < -0.39 is 34.3 Å². The summed E-state index contributed by atoms with van der Waals surface area (Å²) in [5.74, 6) is -1.34. The van der Waals surface area contributed by atoms with Crippen molar-refractivity contribution in [3.05, 3.63) is 95.3 Å². The second-order valence-electron chi connectivity index (χ2n) is 10.8. The monoisotopic (exact) mass is 579 g/mol. The first-order chi connectivity index (χ1) is 19.6. The number of aryl methyl sites for hydroxylation is 2. The van der Waals surface area contributed by atoms with E-state index >= 15 is 0 Å². The molecule has 4 rings (SSSR count). The number of carbonyl (C=O) groups excluding carboxylic acids is 2. The summed E-state index contributed by atoms with van der Waals surface area (Å²) in [5.41, 5.74) is 2.84. The van der Waals surface area contributed by atoms with E-state index in [-0.39, 0.29) is 29.1 Å². The average Bonchev–Trinajstić information content (AvgIpc) is 2.96. The lowest BCUT2D eigenvalue weighted by atomic mass is 9.95. The fraction of sp³-hybridized carbons (Fsp3) is 0.375. The van der Waals surface area contributed by atoms with Crippen LogP contribution in [0.5, 0.6) is 0 Å². The number of rotatable bonds is 10. The molecule has 1 aliphatic carbocycles. The Morgan fingerprint density at radius 1 is 0.927 bits per heavy atom. The van der Waals surface area contributed by atoms with Crippen molar-refractivity contribution in [2.24, 2.45) is 0 Å². The molecular formula is C32H38FN3O4S. The number of nitrogens with one attached hydrogen (secondary N) is 1. The molecule has 218 valence electrons. The van der Waals surface area contributed by atoms with E-state index in [2.05, 4.69) is 5.32 Å². The fourth-order valence-electron chi connectivity index (χ4n) is 5.10. The molecule has 0 heterocycles. The zero-order chi connectivity index (χ0) is 29.6. The molecule has 0 aromatic heterocycles. The summed E-state index contributed by atoms with van der Waals surface area (Å²) >= 11 is 0. The molecule has 3 aromatic carbocycles. The molecule has 1 saturated carbocycles. The molecule has 0 unspecified atom stereocenters. The van der Waals surface area contributed by atoms with E-state index in [0.717, 1.165) is 65.2 Å². The normalized spacial score (nSPS) is 14.7. The fourth-order valence-corrected chi connectivity index (χ4v) is 6.51. The van der Waals surface area contributed by atoms with Crippen molar-refractivity contribution < 1.29 is 22.4 Å². The van der Waals surface area contributed by atoms with Gasteiger partial charge in [-0.05, 0) is 81.1 Å². The van der Waals surface area contributed by atoms with Gasteiger partial charge in [-0.25, -0.2) is 12.8 Å². The maximum atomic E-state index is 14.0. The van der Waals surface area contributed by atoms with Gasteiger partial charge in [-0.2, -0.15) is 0 Å². The average molecular weight is 580 g/mol. The standard InChI is InChI=1S/C32H38FN3O4S/c1-23-13-19-30(20-14-23)41(39,40)36(29-17-15-27(33)16-18-29)22-31(37)35(21-26-10-8-7-9-24(26)2)25(3)32(38)34-28-11-5-4-6-12-28/h7-10,13-20,25,28H,4-6,11-12,21-22H2,1-3H3,(H,34,38)/t25-/m0/s1. The Balaban J connectivity index is 1.68. The molecule has 1 N–H and O–H groups in total. The molecule has 2 amide bonds. The number of halogens is 1. The number of anilines is 1. The van der Waals surface area contributed by atoms with Crippen molar-refractivity contribution in [1.29, 1.82) is 0 Å². The summed E-state index contributed by atoms with van der Waals surface area (Å²) in [6.45, 7) is 5.02. The minimum Gasteiger partial charge on any atom is -0.352 e. The number of nitrogens with zero attached hydrogens (tertiary/aromatic N) is 2. The lowest BCUT2D eigenvalue weighted by Crippen LogP contribution is -2.53. The second kappa shape index (κ2) is 13.3. The Kier molecular flexibility index (Phi) is 9.81. The van der Waals surface area contributed by atoms with E-state index in [1.165, 1.54) is 29.2 Å². The molecule has 1 fully saturated rings. The third-order valence-electron chi connectivity index (χ3n) is 7.72. The van der Waals surface area contributed by atoms with Crippen molar-refractivity contribution in [3.63, 3.8) is 0 Å². The van der Waals surface area contributed by atoms with Crippen LogP contribution in [-0.4, -0.2) is 43.8 Å². The van der Waals surface area contributed by atoms with Crippen LogP contribution in [-0.2, 0) is 26.2 Å². The van der Waals surface area contributed by atoms with Crippen LogP contribution in [0.3, 0.4) is 0 Å². The lowest BCUT2D eigenvalue weighted by molar-refractivity contribution is -0.139. The quantitative estimate of drug-likeness (QED) is 0.344. The van der Waals surface area contributed by atoms with Crippen LogP contribution >= 0.6 is 0 Å². The Morgan fingerprint density at radius 2 is 1.56 bits per heavy atom. The van der Waals surface area contributed by atoms with Crippen molar-refractivity contribution in [2.75, 3.05) is 10.8 Å². The summed E-state index contributed by atoms with van der Waals surface area (Å²) in [6.07, 6.45) is 5.05. The van der Waals surface area contributed by atoms with Crippen LogP contribution in [0.4, 0.5) is 10.1 Å². The van der Waals surface area contributed by atoms with Crippen molar-refractivity contribution in [3.8, 4) is 0 Å². The largest absolute Gasteiger partial charge is 0.352 e. The molecule has 0 spiro atoms. The molecule has 7 nitrogen and oxygen atoms in total. The van der Waals surface area contributed by atoms with Crippen molar-refractivity contribution >= 4 is 27.5 Å². The first kappa shape index (κ1) is 30.2. The third-order valence-corrected chi connectivity index (χ3v) is 9.51. The smallest absolute Gasteiger partial charge is 0.264 e. The van der Waals surface area contributed by atoms with Gasteiger partial charge in [0.15, 0.2) is 0 Å². The predicted molar refractivity (Wildman–Crippen MR) is 158 cm³/mol. The van der Waals surface area contributed by atoms with Crippen molar-refractivity contribution in [1.82, 2.24) is 10.2 Å². The molecule has 0 saturated heterocycles. The maximum absolute atomic E-state index is 14.0. The highest BCUT2D eigenvalue weighted by Crippen LogP contribution is 2.26. The van der Waals surface area contributed by atoms with Gasteiger partial charge in [0.05, 0.1) is 10.6 Å². The van der Waals surface area contributed by atoms with E-state index in [1.54, 1.807) is 19.1 Å². The van der Waals surface area contributed by atoms with Gasteiger partial charge >= 0.3 is 0 Å². The summed E-state index contributed by atoms with van der Waals surface area (Å²) in [6, 6.07) is 18.1. The molecule has 3 aromatic rings. The van der Waals surface area contributed by atoms with E-state index in [1.807, 2.05) is 38.1 Å². The topological polar surface area (TPSA) is 86.8 Å². The van der Waals surface area contributed by atoms with Crippen LogP contribution in [0.1, 0.15) is 55.7 Å². The lowest BCUT2D eigenvalue weighted by Gasteiger charge is -2.33. The molecule has 0 aliphatic heterocycles. The van der Waals surface area contributed by atoms with Gasteiger partial charge in [0.1, 0.15) is 18.4 Å². The number of carbonyl (C=O) groups is 2. The minimum atomic E-state index is -4.20. The highest BCUT2D eigenvalue weighted by Gasteiger charge is 2.33. The number of amides is 2. The molecule has 41 heavy (non-hydrogen) atoms. The van der Waals surface area contributed by atoms with Gasteiger partial charge in [0, 0.05) is 12.6 Å². The molecule has 9 heteroatoms. The highest BCUT2D eigenvalue weighted by atomic mass is 32.2. The third kappa shape index (κ3) is 7.52. The Bertz CT molecular complexity index is 1450. The first-order valence-corrected chi connectivity index (χ1v) is 15.5. The van der Waals surface area contributed by atoms with Gasteiger partial charge in [0.25, 0.3) is 10.0 Å². The van der Waals surface area contributed by atoms with Gasteiger partial charge in [-0.3, -0.25) is 13.9 Å². The van der Waals surface area contributed by atoms with Crippen LogP contribution < -0.4 is 9.62 Å². The molecular weight excluding hydrogens is 541 g/mol. The summed E-state index contributed by atoms with van der Waals surface area (Å²) < 4.78 is 42.5. The van der Waals surface area contributed by atoms with Crippen LogP contribution in [0.25, 0.3) is 0 Å². The molecule has 0 radical (unpaired) electrons. The SMILES string of the molecule is Cc1ccc(S(=O)(=O)N(CC(=O)N(Cc2ccccc2C)[C@@H](C)C(=O)NC2CCCCC2)c2ccc(F)cc2)cc1. The predicted octanol–water partition coefficient (Wildman–Crippen LogP) is 5.50. The zero-order valence-electron chi connectivity index (χ0n) is 23.8. The Labute approximate surface area is 242 Å². The first-order valence-electron chi connectivity index (χ1n) is 14.1. The summed E-state index contributed by atoms with van der Waals surface area (Å²) in [4.78, 5) is 28.9. The summed E-state index contributed by atoms with van der Waals surface area (Å²) in [7, 11) is -4.20. The second-order valence-corrected chi connectivity index (χ2v) is 12.6. The highest BCUT2D eigenvalue weighted by molar-refractivity contribution is 7.92. The van der Waals surface area contributed by atoms with Gasteiger partial charge < -0.3 is 10.2 Å². The van der Waals surface area contributed by atoms with Crippen molar-refractivity contribution in [2.45, 2.75) is 76.4 Å². The Morgan fingerprint density at radius 3 is 2.20 bits per heavy atom.